The lowest BCUT2D eigenvalue weighted by molar-refractivity contribution is 0.0690. The van der Waals surface area contributed by atoms with Gasteiger partial charge in [-0.15, -0.1) is 0 Å². The highest BCUT2D eigenvalue weighted by Gasteiger charge is 2.29. The minimum Gasteiger partial charge on any atom is -0.476 e. The molecule has 0 bridgehead atoms. The number of nitrogens with one attached hydrogen (secondary N) is 1. The summed E-state index contributed by atoms with van der Waals surface area (Å²) in [5, 5.41) is 13.4. The van der Waals surface area contributed by atoms with Crippen molar-refractivity contribution in [2.75, 3.05) is 11.1 Å². The summed E-state index contributed by atoms with van der Waals surface area (Å²) in [6.45, 7) is 2.16. The summed E-state index contributed by atoms with van der Waals surface area (Å²) in [5.74, 6) is 0.621. The third kappa shape index (κ3) is 2.72. The first-order valence-electron chi connectivity index (χ1n) is 7.29. The maximum absolute atomic E-state index is 11.6. The molecule has 2 unspecified atom stereocenters. The molecule has 1 saturated carbocycles. The van der Waals surface area contributed by atoms with Crippen molar-refractivity contribution in [3.05, 3.63) is 30.1 Å². The predicted octanol–water partition coefficient (Wildman–Crippen LogP) is 3.12. The molecule has 2 aromatic heterocycles. The molecule has 0 saturated heterocycles. The largest absolute Gasteiger partial charge is 0.476 e. The summed E-state index contributed by atoms with van der Waals surface area (Å²) in [6.07, 6.45) is 5.19. The van der Waals surface area contributed by atoms with Crippen molar-refractivity contribution >= 4 is 29.2 Å². The number of aromatic carboxylic acids is 1. The molecule has 0 amide bonds. The topological polar surface area (TPSA) is 66.6 Å². The Bertz CT molecular complexity index is 655. The van der Waals surface area contributed by atoms with Crippen molar-refractivity contribution in [1.82, 2.24) is 9.38 Å². The van der Waals surface area contributed by atoms with E-state index in [0.717, 1.165) is 12.2 Å². The zero-order valence-corrected chi connectivity index (χ0v) is 12.8. The number of carbonyl (C=O) groups is 1. The second-order valence-electron chi connectivity index (χ2n) is 5.22. The lowest BCUT2D eigenvalue weighted by Gasteiger charge is -2.20. The molecule has 3 rings (SSSR count). The Balaban J connectivity index is 1.93. The van der Waals surface area contributed by atoms with Gasteiger partial charge < -0.3 is 10.4 Å². The summed E-state index contributed by atoms with van der Waals surface area (Å²) in [6, 6.07) is 5.81. The molecule has 21 heavy (non-hydrogen) atoms. The van der Waals surface area contributed by atoms with Crippen molar-refractivity contribution in [1.29, 1.82) is 0 Å². The molecule has 0 spiro atoms. The Labute approximate surface area is 127 Å². The quantitative estimate of drug-likeness (QED) is 0.888. The summed E-state index contributed by atoms with van der Waals surface area (Å²) < 4.78 is 1.63. The number of imidazole rings is 1. The number of thioether (sulfide) groups is 1. The van der Waals surface area contributed by atoms with Crippen LogP contribution in [0.4, 0.5) is 5.82 Å². The Morgan fingerprint density at radius 2 is 2.38 bits per heavy atom. The van der Waals surface area contributed by atoms with E-state index in [1.165, 1.54) is 12.8 Å². The summed E-state index contributed by atoms with van der Waals surface area (Å²) in [5.41, 5.74) is 0.882. The number of anilines is 1. The summed E-state index contributed by atoms with van der Waals surface area (Å²) >= 11 is 1.94. The Morgan fingerprint density at radius 3 is 3.14 bits per heavy atom. The van der Waals surface area contributed by atoms with Gasteiger partial charge in [0.25, 0.3) is 0 Å². The van der Waals surface area contributed by atoms with Gasteiger partial charge in [0.15, 0.2) is 11.5 Å². The zero-order chi connectivity index (χ0) is 14.8. The van der Waals surface area contributed by atoms with Crippen LogP contribution < -0.4 is 5.32 Å². The third-order valence-electron chi connectivity index (χ3n) is 3.89. The molecular weight excluding hydrogens is 286 g/mol. The van der Waals surface area contributed by atoms with Gasteiger partial charge in [-0.1, -0.05) is 19.4 Å². The van der Waals surface area contributed by atoms with Gasteiger partial charge in [0.05, 0.1) is 0 Å². The van der Waals surface area contributed by atoms with Gasteiger partial charge in [0.2, 0.25) is 0 Å². The van der Waals surface area contributed by atoms with Crippen molar-refractivity contribution in [3.63, 3.8) is 0 Å². The van der Waals surface area contributed by atoms with E-state index in [-0.39, 0.29) is 5.69 Å². The van der Waals surface area contributed by atoms with Gasteiger partial charge in [-0.2, -0.15) is 11.8 Å². The molecule has 112 valence electrons. The van der Waals surface area contributed by atoms with E-state index in [1.807, 2.05) is 30.0 Å². The fourth-order valence-electron chi connectivity index (χ4n) is 2.98. The molecule has 5 nitrogen and oxygen atoms in total. The fraction of sp³-hybridized carbons (Fsp3) is 0.467. The summed E-state index contributed by atoms with van der Waals surface area (Å²) in [4.78, 5) is 16.0. The molecule has 6 heteroatoms. The molecule has 1 aliphatic carbocycles. The van der Waals surface area contributed by atoms with Crippen LogP contribution in [0.25, 0.3) is 5.65 Å². The number of rotatable bonds is 5. The number of hydrogen-bond acceptors (Lipinski definition) is 4. The number of nitrogens with zero attached hydrogens (tertiary/aromatic N) is 2. The van der Waals surface area contributed by atoms with Crippen molar-refractivity contribution in [2.45, 2.75) is 37.5 Å². The van der Waals surface area contributed by atoms with E-state index in [4.69, 9.17) is 0 Å². The van der Waals surface area contributed by atoms with Crippen LogP contribution in [0.15, 0.2) is 24.4 Å². The molecule has 0 aromatic carbocycles. The molecule has 1 aliphatic rings. The van der Waals surface area contributed by atoms with Crippen LogP contribution in [0.3, 0.4) is 0 Å². The maximum atomic E-state index is 11.6. The normalized spacial score (nSPS) is 21.8. The lowest BCUT2D eigenvalue weighted by Crippen LogP contribution is -2.27. The number of carboxylic acids is 1. The maximum Gasteiger partial charge on any atom is 0.356 e. The van der Waals surface area contributed by atoms with Gasteiger partial charge in [0, 0.05) is 17.5 Å². The zero-order valence-electron chi connectivity index (χ0n) is 12.0. The van der Waals surface area contributed by atoms with E-state index in [9.17, 15) is 9.90 Å². The molecule has 0 radical (unpaired) electrons. The molecule has 2 atom stereocenters. The first-order valence-corrected chi connectivity index (χ1v) is 8.34. The lowest BCUT2D eigenvalue weighted by atomic mass is 10.2. The van der Waals surface area contributed by atoms with Crippen molar-refractivity contribution in [3.8, 4) is 0 Å². The smallest absolute Gasteiger partial charge is 0.356 e. The second-order valence-corrected chi connectivity index (χ2v) is 6.73. The minimum atomic E-state index is -0.950. The van der Waals surface area contributed by atoms with Crippen LogP contribution in [0.1, 0.15) is 36.7 Å². The predicted molar refractivity (Wildman–Crippen MR) is 85.3 cm³/mol. The minimum absolute atomic E-state index is 0.220. The molecular formula is C15H19N3O2S. The monoisotopic (exact) mass is 305 g/mol. The van der Waals surface area contributed by atoms with Crippen molar-refractivity contribution < 1.29 is 9.90 Å². The Kier molecular flexibility index (Phi) is 4.05. The number of aromatic nitrogens is 2. The van der Waals surface area contributed by atoms with Crippen LogP contribution in [0.2, 0.25) is 0 Å². The van der Waals surface area contributed by atoms with Gasteiger partial charge in [-0.05, 0) is 30.7 Å². The fourth-order valence-corrected chi connectivity index (χ4v) is 4.18. The first kappa shape index (κ1) is 14.3. The number of carboxylic acid groups (broad SMARTS) is 1. The van der Waals surface area contributed by atoms with Gasteiger partial charge >= 0.3 is 5.97 Å². The van der Waals surface area contributed by atoms with Crippen molar-refractivity contribution in [2.24, 2.45) is 0 Å². The Hall–Kier alpha value is -1.69. The highest BCUT2D eigenvalue weighted by Crippen LogP contribution is 2.32. The average Bonchev–Trinajstić information content (AvgIpc) is 3.03. The molecule has 0 aliphatic heterocycles. The van der Waals surface area contributed by atoms with E-state index < -0.39 is 5.97 Å². The van der Waals surface area contributed by atoms with Crippen LogP contribution in [-0.2, 0) is 0 Å². The van der Waals surface area contributed by atoms with Crippen LogP contribution >= 0.6 is 11.8 Å². The van der Waals surface area contributed by atoms with E-state index >= 15 is 0 Å². The first-order chi connectivity index (χ1) is 10.2. The molecule has 1 fully saturated rings. The summed E-state index contributed by atoms with van der Waals surface area (Å²) in [7, 11) is 0. The van der Waals surface area contributed by atoms with Crippen LogP contribution in [-0.4, -0.2) is 37.5 Å². The highest BCUT2D eigenvalue weighted by atomic mass is 32.2. The van der Waals surface area contributed by atoms with Crippen LogP contribution in [0, 0.1) is 0 Å². The van der Waals surface area contributed by atoms with E-state index in [2.05, 4.69) is 17.2 Å². The van der Waals surface area contributed by atoms with Gasteiger partial charge in [-0.25, -0.2) is 9.78 Å². The third-order valence-corrected chi connectivity index (χ3v) is 5.21. The average molecular weight is 305 g/mol. The Morgan fingerprint density at radius 1 is 1.52 bits per heavy atom. The molecule has 2 aromatic rings. The molecule has 2 heterocycles. The second kappa shape index (κ2) is 5.97. The number of fused-ring (bicyclic) bond motifs is 1. The standard InChI is InChI=1S/C15H19N3O2S/c1-2-21-11-7-5-6-10(11)16-14-13(15(19)20)18-9-4-3-8-12(18)17-14/h3-4,8-11,16H,2,5-7H2,1H3,(H,19,20). The highest BCUT2D eigenvalue weighted by molar-refractivity contribution is 7.99. The number of pyridine rings is 1. The van der Waals surface area contributed by atoms with Gasteiger partial charge in [-0.3, -0.25) is 4.40 Å². The SMILES string of the molecule is CCSC1CCCC1Nc1nc2ccccn2c1C(=O)O. The van der Waals surface area contributed by atoms with E-state index in [1.54, 1.807) is 10.6 Å². The van der Waals surface area contributed by atoms with Gasteiger partial charge in [0.1, 0.15) is 5.65 Å². The molecule has 2 N–H and O–H groups in total. The van der Waals surface area contributed by atoms with E-state index in [0.29, 0.717) is 22.8 Å². The number of hydrogen-bond donors (Lipinski definition) is 2. The van der Waals surface area contributed by atoms with Crippen LogP contribution in [0.5, 0.6) is 0 Å².